The van der Waals surface area contributed by atoms with E-state index in [1.54, 1.807) is 35.3 Å². The molecule has 164 valence electrons. The van der Waals surface area contributed by atoms with Gasteiger partial charge < -0.3 is 0 Å². The second-order valence-corrected chi connectivity index (χ2v) is 8.95. The van der Waals surface area contributed by atoms with Crippen LogP contribution in [-0.4, -0.2) is 36.4 Å². The second-order valence-electron chi connectivity index (χ2n) is 7.67. The van der Waals surface area contributed by atoms with Crippen molar-refractivity contribution < 1.29 is 9.18 Å². The van der Waals surface area contributed by atoms with Crippen molar-refractivity contribution in [3.8, 4) is 0 Å². The van der Waals surface area contributed by atoms with Crippen LogP contribution in [0.15, 0.2) is 47.6 Å². The van der Waals surface area contributed by atoms with E-state index in [9.17, 15) is 9.18 Å². The maximum atomic E-state index is 14.4. The number of hydrogen-bond donors (Lipinski definition) is 1. The van der Waals surface area contributed by atoms with E-state index < -0.39 is 24.5 Å². The van der Waals surface area contributed by atoms with Crippen molar-refractivity contribution in [2.24, 2.45) is 11.0 Å². The molecule has 2 unspecified atom stereocenters. The summed E-state index contributed by atoms with van der Waals surface area (Å²) in [7, 11) is 0. The van der Waals surface area contributed by atoms with Crippen LogP contribution in [0, 0.1) is 5.92 Å². The average Bonchev–Trinajstić information content (AvgIpc) is 3.14. The highest BCUT2D eigenvalue weighted by Gasteiger charge is 2.43. The minimum Gasteiger partial charge on any atom is -0.284 e. The number of anilines is 1. The van der Waals surface area contributed by atoms with Crippen molar-refractivity contribution in [2.75, 3.05) is 24.8 Å². The monoisotopic (exact) mass is 482 g/mol. The third-order valence-electron chi connectivity index (χ3n) is 5.59. The molecule has 4 rings (SSSR count). The fraction of sp³-hybridized carbons (Fsp3) is 0.364. The minimum atomic E-state index is -0.766. The van der Waals surface area contributed by atoms with Crippen molar-refractivity contribution in [3.63, 3.8) is 0 Å². The molecule has 1 fully saturated rings. The van der Waals surface area contributed by atoms with Crippen LogP contribution in [0.2, 0.25) is 15.1 Å². The Balaban J connectivity index is 1.71. The lowest BCUT2D eigenvalue weighted by Crippen LogP contribution is -2.48. The van der Waals surface area contributed by atoms with Gasteiger partial charge in [0.05, 0.1) is 22.7 Å². The second kappa shape index (κ2) is 9.74. The molecule has 0 radical (unpaired) electrons. The summed E-state index contributed by atoms with van der Waals surface area (Å²) in [5.74, 6) is -1.16. The Morgan fingerprint density at radius 1 is 1.03 bits per heavy atom. The first-order valence-corrected chi connectivity index (χ1v) is 11.3. The quantitative estimate of drug-likeness (QED) is 0.596. The standard InChI is InChI=1S/C22H22Cl3FN4O/c23-15-6-4-14(5-7-15)21-17(13-26)20(22(31)28-29-10-2-1-3-11-29)27-30(21)19-9-8-16(24)12-18(19)25/h4-9,12,17,21H,1-3,10-11,13H2,(H,28,31). The number of nitrogens with zero attached hydrogens (tertiary/aromatic N) is 3. The number of hydrazine groups is 1. The van der Waals surface area contributed by atoms with Gasteiger partial charge in [-0.05, 0) is 48.7 Å². The van der Waals surface area contributed by atoms with Crippen molar-refractivity contribution >= 4 is 52.1 Å². The number of halogens is 4. The molecule has 0 aromatic heterocycles. The van der Waals surface area contributed by atoms with E-state index in [1.165, 1.54) is 0 Å². The van der Waals surface area contributed by atoms with Crippen LogP contribution >= 0.6 is 34.8 Å². The Morgan fingerprint density at radius 2 is 1.71 bits per heavy atom. The predicted octanol–water partition coefficient (Wildman–Crippen LogP) is 5.67. The Kier molecular flexibility index (Phi) is 7.02. The van der Waals surface area contributed by atoms with Gasteiger partial charge in [-0.15, -0.1) is 0 Å². The normalized spacial score (nSPS) is 21.8. The number of nitrogens with one attached hydrogen (secondary N) is 1. The van der Waals surface area contributed by atoms with E-state index in [-0.39, 0.29) is 5.71 Å². The van der Waals surface area contributed by atoms with Crippen molar-refractivity contribution in [1.82, 2.24) is 10.4 Å². The summed E-state index contributed by atoms with van der Waals surface area (Å²) in [6.07, 6.45) is 3.17. The number of hydrogen-bond acceptors (Lipinski definition) is 4. The fourth-order valence-electron chi connectivity index (χ4n) is 4.05. The summed E-state index contributed by atoms with van der Waals surface area (Å²) in [5.41, 5.74) is 4.36. The Bertz CT molecular complexity index is 979. The molecule has 0 bridgehead atoms. The molecule has 1 saturated heterocycles. The van der Waals surface area contributed by atoms with E-state index in [0.717, 1.165) is 37.9 Å². The molecule has 2 aromatic carbocycles. The van der Waals surface area contributed by atoms with E-state index in [2.05, 4.69) is 10.5 Å². The summed E-state index contributed by atoms with van der Waals surface area (Å²) in [6.45, 7) is 0.792. The molecule has 2 aliphatic rings. The summed E-state index contributed by atoms with van der Waals surface area (Å²) in [6, 6.07) is 11.6. The van der Waals surface area contributed by atoms with E-state index in [1.807, 2.05) is 17.1 Å². The molecule has 2 atom stereocenters. The number of benzene rings is 2. The number of hydrazone groups is 1. The number of alkyl halides is 1. The Hall–Kier alpha value is -1.86. The van der Waals surface area contributed by atoms with Crippen LogP contribution in [0.4, 0.5) is 10.1 Å². The molecule has 2 aromatic rings. The molecule has 0 aliphatic carbocycles. The van der Waals surface area contributed by atoms with Crippen LogP contribution in [0.3, 0.4) is 0 Å². The maximum Gasteiger partial charge on any atom is 0.282 e. The van der Waals surface area contributed by atoms with Crippen LogP contribution in [0.25, 0.3) is 0 Å². The number of amides is 1. The largest absolute Gasteiger partial charge is 0.284 e. The number of rotatable bonds is 5. The predicted molar refractivity (Wildman–Crippen MR) is 124 cm³/mol. The lowest BCUT2D eigenvalue weighted by atomic mass is 9.90. The lowest BCUT2D eigenvalue weighted by molar-refractivity contribution is -0.120. The zero-order chi connectivity index (χ0) is 22.0. The molecule has 2 aliphatic heterocycles. The molecular weight excluding hydrogens is 462 g/mol. The third-order valence-corrected chi connectivity index (χ3v) is 6.38. The summed E-state index contributed by atoms with van der Waals surface area (Å²) >= 11 is 18.5. The van der Waals surface area contributed by atoms with E-state index in [4.69, 9.17) is 34.8 Å². The minimum absolute atomic E-state index is 0.138. The zero-order valence-electron chi connectivity index (χ0n) is 16.7. The van der Waals surface area contributed by atoms with Gasteiger partial charge in [-0.3, -0.25) is 19.6 Å². The van der Waals surface area contributed by atoms with E-state index >= 15 is 0 Å². The summed E-state index contributed by atoms with van der Waals surface area (Å²) in [5, 5.41) is 9.45. The first kappa shape index (κ1) is 22.3. The molecule has 0 spiro atoms. The van der Waals surface area contributed by atoms with Gasteiger partial charge in [-0.1, -0.05) is 53.4 Å². The smallest absolute Gasteiger partial charge is 0.282 e. The van der Waals surface area contributed by atoms with Crippen molar-refractivity contribution in [3.05, 3.63) is 63.1 Å². The zero-order valence-corrected chi connectivity index (χ0v) is 19.0. The number of carbonyl (C=O) groups excluding carboxylic acids is 1. The topological polar surface area (TPSA) is 47.9 Å². The highest BCUT2D eigenvalue weighted by Crippen LogP contribution is 2.43. The van der Waals surface area contributed by atoms with Crippen LogP contribution in [0.5, 0.6) is 0 Å². The molecule has 31 heavy (non-hydrogen) atoms. The van der Waals surface area contributed by atoms with Gasteiger partial charge in [0.25, 0.3) is 5.91 Å². The summed E-state index contributed by atoms with van der Waals surface area (Å²) < 4.78 is 14.4. The van der Waals surface area contributed by atoms with Gasteiger partial charge in [0.1, 0.15) is 12.4 Å². The first-order chi connectivity index (χ1) is 15.0. The molecule has 1 amide bonds. The molecule has 0 saturated carbocycles. The highest BCUT2D eigenvalue weighted by molar-refractivity contribution is 6.41. The molecule has 2 heterocycles. The van der Waals surface area contributed by atoms with Gasteiger partial charge in [0, 0.05) is 23.1 Å². The molecule has 1 N–H and O–H groups in total. The van der Waals surface area contributed by atoms with Gasteiger partial charge in [-0.25, -0.2) is 5.01 Å². The third kappa shape index (κ3) is 4.82. The Morgan fingerprint density at radius 3 is 2.35 bits per heavy atom. The van der Waals surface area contributed by atoms with Crippen molar-refractivity contribution in [1.29, 1.82) is 0 Å². The van der Waals surface area contributed by atoms with Gasteiger partial charge in [0.15, 0.2) is 0 Å². The maximum absolute atomic E-state index is 14.4. The van der Waals surface area contributed by atoms with E-state index in [0.29, 0.717) is 20.8 Å². The lowest BCUT2D eigenvalue weighted by Gasteiger charge is -2.28. The fourth-order valence-corrected chi connectivity index (χ4v) is 4.68. The SMILES string of the molecule is O=C(NN1CCCCC1)C1=NN(c2ccc(Cl)cc2Cl)C(c2ccc(Cl)cc2)C1CF. The van der Waals surface area contributed by atoms with Crippen LogP contribution < -0.4 is 10.4 Å². The molecular formula is C22H22Cl3FN4O. The highest BCUT2D eigenvalue weighted by atomic mass is 35.5. The average molecular weight is 484 g/mol. The number of carbonyl (C=O) groups is 1. The van der Waals surface area contributed by atoms with Crippen LogP contribution in [0.1, 0.15) is 30.9 Å². The molecule has 5 nitrogen and oxygen atoms in total. The van der Waals surface area contributed by atoms with Gasteiger partial charge in [-0.2, -0.15) is 5.10 Å². The van der Waals surface area contributed by atoms with Crippen molar-refractivity contribution in [2.45, 2.75) is 25.3 Å². The Labute approximate surface area is 195 Å². The van der Waals surface area contributed by atoms with Gasteiger partial charge >= 0.3 is 0 Å². The molecule has 9 heteroatoms. The first-order valence-electron chi connectivity index (χ1n) is 10.2. The van der Waals surface area contributed by atoms with Gasteiger partial charge in [0.2, 0.25) is 0 Å². The number of piperidine rings is 1. The van der Waals surface area contributed by atoms with Crippen LogP contribution in [-0.2, 0) is 4.79 Å². The summed E-state index contributed by atoms with van der Waals surface area (Å²) in [4.78, 5) is 13.1.